The van der Waals surface area contributed by atoms with Crippen LogP contribution in [0.4, 0.5) is 5.69 Å². The van der Waals surface area contributed by atoms with E-state index in [4.69, 9.17) is 14.2 Å². The highest BCUT2D eigenvalue weighted by Gasteiger charge is 2.17. The monoisotopic (exact) mass is 382 g/mol. The number of ether oxygens (including phenoxy) is 3. The highest BCUT2D eigenvalue weighted by molar-refractivity contribution is 6.08. The lowest BCUT2D eigenvalue weighted by Crippen LogP contribution is -2.15. The lowest BCUT2D eigenvalue weighted by molar-refractivity contribution is 0.0597. The van der Waals surface area contributed by atoms with Crippen molar-refractivity contribution in [2.75, 3.05) is 26.6 Å². The molecule has 1 heterocycles. The van der Waals surface area contributed by atoms with Gasteiger partial charge in [-0.05, 0) is 18.2 Å². The van der Waals surface area contributed by atoms with Gasteiger partial charge in [-0.2, -0.15) is 0 Å². The SMILES string of the molecule is COC(=O)c1ccc(NC(=O)c2cc3c(=O)cc[nH]c3cc2OC)cc1OC. The number of hydrogen-bond donors (Lipinski definition) is 2. The van der Waals surface area contributed by atoms with Gasteiger partial charge >= 0.3 is 5.97 Å². The summed E-state index contributed by atoms with van der Waals surface area (Å²) in [6.45, 7) is 0. The van der Waals surface area contributed by atoms with E-state index in [2.05, 4.69) is 10.3 Å². The van der Waals surface area contributed by atoms with Crippen LogP contribution in [-0.2, 0) is 4.74 Å². The number of nitrogens with one attached hydrogen (secondary N) is 2. The number of anilines is 1. The Hall–Kier alpha value is -3.81. The topological polar surface area (TPSA) is 107 Å². The fourth-order valence-electron chi connectivity index (χ4n) is 2.79. The average Bonchev–Trinajstić information content (AvgIpc) is 2.72. The van der Waals surface area contributed by atoms with Gasteiger partial charge in [-0.25, -0.2) is 4.79 Å². The van der Waals surface area contributed by atoms with Gasteiger partial charge in [0.15, 0.2) is 5.43 Å². The lowest BCUT2D eigenvalue weighted by atomic mass is 10.1. The zero-order valence-electron chi connectivity index (χ0n) is 15.5. The molecular weight excluding hydrogens is 364 g/mol. The van der Waals surface area contributed by atoms with E-state index in [1.54, 1.807) is 12.1 Å². The number of benzene rings is 2. The minimum Gasteiger partial charge on any atom is -0.496 e. The second-order valence-electron chi connectivity index (χ2n) is 5.80. The Kier molecular flexibility index (Phi) is 5.30. The Balaban J connectivity index is 1.98. The Bertz CT molecular complexity index is 1120. The molecule has 0 aliphatic rings. The van der Waals surface area contributed by atoms with Crippen molar-refractivity contribution in [3.05, 3.63) is 63.9 Å². The van der Waals surface area contributed by atoms with Crippen molar-refractivity contribution in [1.29, 1.82) is 0 Å². The number of rotatable bonds is 5. The summed E-state index contributed by atoms with van der Waals surface area (Å²) < 4.78 is 15.2. The summed E-state index contributed by atoms with van der Waals surface area (Å²) in [4.78, 5) is 39.6. The molecule has 0 unspecified atom stereocenters. The van der Waals surface area contributed by atoms with Gasteiger partial charge in [0.2, 0.25) is 0 Å². The number of carbonyl (C=O) groups excluding carboxylic acids is 2. The first kappa shape index (κ1) is 19.0. The highest BCUT2D eigenvalue weighted by atomic mass is 16.5. The molecule has 8 heteroatoms. The van der Waals surface area contributed by atoms with Gasteiger partial charge in [-0.1, -0.05) is 0 Å². The molecule has 3 rings (SSSR count). The molecule has 0 spiro atoms. The second-order valence-corrected chi connectivity index (χ2v) is 5.80. The quantitative estimate of drug-likeness (QED) is 0.657. The van der Waals surface area contributed by atoms with Crippen molar-refractivity contribution in [3.8, 4) is 11.5 Å². The number of amides is 1. The number of pyridine rings is 1. The molecule has 2 N–H and O–H groups in total. The van der Waals surface area contributed by atoms with Gasteiger partial charge < -0.3 is 24.5 Å². The van der Waals surface area contributed by atoms with Gasteiger partial charge in [-0.15, -0.1) is 0 Å². The third-order valence-corrected chi connectivity index (χ3v) is 4.19. The Morgan fingerprint density at radius 2 is 1.64 bits per heavy atom. The Morgan fingerprint density at radius 1 is 0.929 bits per heavy atom. The maximum atomic E-state index is 12.8. The van der Waals surface area contributed by atoms with Gasteiger partial charge in [0.05, 0.1) is 32.4 Å². The lowest BCUT2D eigenvalue weighted by Gasteiger charge is -2.12. The number of esters is 1. The molecule has 2 aromatic carbocycles. The number of carbonyl (C=O) groups is 2. The predicted octanol–water partition coefficient (Wildman–Crippen LogP) is 2.58. The van der Waals surface area contributed by atoms with E-state index in [-0.39, 0.29) is 22.3 Å². The van der Waals surface area contributed by atoms with Crippen LogP contribution in [0.15, 0.2) is 47.4 Å². The molecule has 0 fully saturated rings. The van der Waals surface area contributed by atoms with E-state index in [0.29, 0.717) is 22.3 Å². The first-order valence-corrected chi connectivity index (χ1v) is 8.25. The highest BCUT2D eigenvalue weighted by Crippen LogP contribution is 2.27. The van der Waals surface area contributed by atoms with Crippen LogP contribution in [0.5, 0.6) is 11.5 Å². The van der Waals surface area contributed by atoms with Crippen LogP contribution in [-0.4, -0.2) is 38.2 Å². The molecule has 144 valence electrons. The van der Waals surface area contributed by atoms with Crippen LogP contribution in [0.2, 0.25) is 0 Å². The van der Waals surface area contributed by atoms with E-state index in [1.807, 2.05) is 0 Å². The Morgan fingerprint density at radius 3 is 2.32 bits per heavy atom. The third-order valence-electron chi connectivity index (χ3n) is 4.19. The van der Waals surface area contributed by atoms with Crippen molar-refractivity contribution >= 4 is 28.5 Å². The van der Waals surface area contributed by atoms with E-state index in [1.165, 1.54) is 51.8 Å². The first-order valence-electron chi connectivity index (χ1n) is 8.25. The molecule has 0 saturated heterocycles. The Labute approximate surface area is 160 Å². The van der Waals surface area contributed by atoms with Gasteiger partial charge in [0, 0.05) is 35.5 Å². The molecule has 0 saturated carbocycles. The maximum absolute atomic E-state index is 12.8. The smallest absolute Gasteiger partial charge is 0.341 e. The average molecular weight is 382 g/mol. The molecule has 28 heavy (non-hydrogen) atoms. The first-order chi connectivity index (χ1) is 13.5. The van der Waals surface area contributed by atoms with Crippen LogP contribution in [0.3, 0.4) is 0 Å². The van der Waals surface area contributed by atoms with Crippen LogP contribution in [0.1, 0.15) is 20.7 Å². The summed E-state index contributed by atoms with van der Waals surface area (Å²) in [6, 6.07) is 8.99. The minimum atomic E-state index is -0.551. The number of methoxy groups -OCH3 is 3. The summed E-state index contributed by atoms with van der Waals surface area (Å²) in [6.07, 6.45) is 1.53. The zero-order valence-corrected chi connectivity index (χ0v) is 15.5. The third kappa shape index (κ3) is 3.52. The fourth-order valence-corrected chi connectivity index (χ4v) is 2.79. The molecule has 8 nitrogen and oxygen atoms in total. The fraction of sp³-hybridized carbons (Fsp3) is 0.150. The summed E-state index contributed by atoms with van der Waals surface area (Å²) in [5.74, 6) is -0.461. The van der Waals surface area contributed by atoms with Crippen molar-refractivity contribution in [2.45, 2.75) is 0 Å². The van der Waals surface area contributed by atoms with Crippen LogP contribution in [0, 0.1) is 0 Å². The standard InChI is InChI=1S/C20H18N2O6/c1-26-17-8-11(4-5-12(17)20(25)28-3)22-19(24)14-9-13-15(10-18(14)27-2)21-7-6-16(13)23/h4-10H,1-3H3,(H,21,23)(H,22,24). The zero-order chi connectivity index (χ0) is 20.3. The molecule has 0 aliphatic carbocycles. The van der Waals surface area contributed by atoms with Crippen molar-refractivity contribution < 1.29 is 23.8 Å². The summed E-state index contributed by atoms with van der Waals surface area (Å²) in [5.41, 5.74) is 1.18. The van der Waals surface area contributed by atoms with Gasteiger partial charge in [-0.3, -0.25) is 9.59 Å². The van der Waals surface area contributed by atoms with Crippen molar-refractivity contribution in [2.24, 2.45) is 0 Å². The van der Waals surface area contributed by atoms with E-state index in [0.717, 1.165) is 0 Å². The summed E-state index contributed by atoms with van der Waals surface area (Å²) >= 11 is 0. The van der Waals surface area contributed by atoms with E-state index < -0.39 is 11.9 Å². The number of aromatic nitrogens is 1. The van der Waals surface area contributed by atoms with Gasteiger partial charge in [0.25, 0.3) is 5.91 Å². The normalized spacial score (nSPS) is 10.4. The number of hydrogen-bond acceptors (Lipinski definition) is 6. The van der Waals surface area contributed by atoms with Crippen LogP contribution in [0.25, 0.3) is 10.9 Å². The maximum Gasteiger partial charge on any atom is 0.341 e. The van der Waals surface area contributed by atoms with Crippen molar-refractivity contribution in [1.82, 2.24) is 4.98 Å². The van der Waals surface area contributed by atoms with Crippen LogP contribution < -0.4 is 20.2 Å². The molecule has 0 atom stereocenters. The summed E-state index contributed by atoms with van der Waals surface area (Å²) in [7, 11) is 4.12. The van der Waals surface area contributed by atoms with E-state index >= 15 is 0 Å². The minimum absolute atomic E-state index is 0.197. The molecule has 0 aliphatic heterocycles. The predicted molar refractivity (Wildman–Crippen MR) is 103 cm³/mol. The number of H-pyrrole nitrogens is 1. The largest absolute Gasteiger partial charge is 0.496 e. The number of fused-ring (bicyclic) bond motifs is 1. The molecule has 3 aromatic rings. The number of aromatic amines is 1. The molecule has 0 bridgehead atoms. The molecule has 1 aromatic heterocycles. The van der Waals surface area contributed by atoms with Crippen molar-refractivity contribution in [3.63, 3.8) is 0 Å². The summed E-state index contributed by atoms with van der Waals surface area (Å²) in [5, 5.41) is 3.08. The second kappa shape index (κ2) is 7.83. The van der Waals surface area contributed by atoms with Crippen LogP contribution >= 0.6 is 0 Å². The molecular formula is C20H18N2O6. The molecule has 1 amide bonds. The van der Waals surface area contributed by atoms with Gasteiger partial charge in [0.1, 0.15) is 17.1 Å². The van der Waals surface area contributed by atoms with E-state index in [9.17, 15) is 14.4 Å². The molecule has 0 radical (unpaired) electrons.